The zero-order chi connectivity index (χ0) is 14.4. The Labute approximate surface area is 96.1 Å². The lowest BCUT2D eigenvalue weighted by atomic mass is 10.5. The van der Waals surface area contributed by atoms with Gasteiger partial charge in [0.2, 0.25) is 0 Å². The molecule has 0 heterocycles. The average Bonchev–Trinajstić information content (AvgIpc) is 2.19. The van der Waals surface area contributed by atoms with E-state index >= 15 is 0 Å². The van der Waals surface area contributed by atoms with Crippen LogP contribution in [0.4, 0.5) is 26.3 Å². The number of carbonyl (C=O) groups is 2. The van der Waals surface area contributed by atoms with Gasteiger partial charge in [-0.15, -0.1) is 0 Å². The van der Waals surface area contributed by atoms with Crippen LogP contribution in [0, 0.1) is 0 Å². The number of esters is 2. The minimum atomic E-state index is -5.14. The molecular formula is C8H6F6O4. The van der Waals surface area contributed by atoms with Crippen molar-refractivity contribution in [3.8, 4) is 0 Å². The number of hydrogen-bond donors (Lipinski definition) is 0. The first kappa shape index (κ1) is 16.3. The zero-order valence-corrected chi connectivity index (χ0v) is 8.47. The van der Waals surface area contributed by atoms with Crippen molar-refractivity contribution in [1.82, 2.24) is 0 Å². The number of ether oxygens (including phenoxy) is 2. The smallest absolute Gasteiger partial charge is 0.455 e. The van der Waals surface area contributed by atoms with Gasteiger partial charge in [-0.25, -0.2) is 9.59 Å². The molecular weight excluding hydrogens is 274 g/mol. The molecule has 0 fully saturated rings. The van der Waals surface area contributed by atoms with Crippen molar-refractivity contribution in [3.05, 3.63) is 12.2 Å². The van der Waals surface area contributed by atoms with Crippen LogP contribution in [0.2, 0.25) is 0 Å². The van der Waals surface area contributed by atoms with Gasteiger partial charge in [0, 0.05) is 0 Å². The molecule has 10 heteroatoms. The predicted octanol–water partition coefficient (Wildman–Crippen LogP) is 1.75. The van der Waals surface area contributed by atoms with Gasteiger partial charge in [0.25, 0.3) is 0 Å². The fourth-order valence-corrected chi connectivity index (χ4v) is 0.547. The summed E-state index contributed by atoms with van der Waals surface area (Å²) in [7, 11) is 0. The van der Waals surface area contributed by atoms with Crippen molar-refractivity contribution in [1.29, 1.82) is 0 Å². The van der Waals surface area contributed by atoms with E-state index in [2.05, 4.69) is 9.47 Å². The van der Waals surface area contributed by atoms with E-state index in [1.165, 1.54) is 0 Å². The minimum absolute atomic E-state index is 0.799. The van der Waals surface area contributed by atoms with Gasteiger partial charge in [-0.1, -0.05) is 0 Å². The van der Waals surface area contributed by atoms with Crippen molar-refractivity contribution in [2.75, 3.05) is 13.2 Å². The SMILES string of the molecule is O=C(OC/C=C/COC(=O)C(F)(F)F)C(F)(F)F. The number of alkyl halides is 6. The van der Waals surface area contributed by atoms with E-state index < -0.39 is 37.5 Å². The summed E-state index contributed by atoms with van der Waals surface area (Å²) in [5.41, 5.74) is 0. The predicted molar refractivity (Wildman–Crippen MR) is 43.2 cm³/mol. The van der Waals surface area contributed by atoms with Crippen LogP contribution in [0.25, 0.3) is 0 Å². The van der Waals surface area contributed by atoms with Gasteiger partial charge in [-0.05, 0) is 12.2 Å². The molecule has 4 nitrogen and oxygen atoms in total. The van der Waals surface area contributed by atoms with Gasteiger partial charge >= 0.3 is 24.3 Å². The Morgan fingerprint density at radius 3 is 1.28 bits per heavy atom. The van der Waals surface area contributed by atoms with E-state index in [4.69, 9.17) is 0 Å². The largest absolute Gasteiger partial charge is 0.490 e. The molecule has 0 aliphatic carbocycles. The molecule has 0 bridgehead atoms. The van der Waals surface area contributed by atoms with Gasteiger partial charge in [0.05, 0.1) is 0 Å². The van der Waals surface area contributed by atoms with Crippen molar-refractivity contribution < 1.29 is 45.4 Å². The molecule has 0 amide bonds. The van der Waals surface area contributed by atoms with E-state index in [1.807, 2.05) is 0 Å². The molecule has 0 aromatic heterocycles. The third-order valence-electron chi connectivity index (χ3n) is 1.25. The molecule has 0 radical (unpaired) electrons. The molecule has 0 spiro atoms. The molecule has 0 aromatic carbocycles. The summed E-state index contributed by atoms with van der Waals surface area (Å²) in [6.07, 6.45) is -8.69. The van der Waals surface area contributed by atoms with Crippen LogP contribution < -0.4 is 0 Å². The van der Waals surface area contributed by atoms with Gasteiger partial charge < -0.3 is 9.47 Å². The lowest BCUT2D eigenvalue weighted by Crippen LogP contribution is -2.25. The highest BCUT2D eigenvalue weighted by molar-refractivity contribution is 5.76. The second kappa shape index (κ2) is 6.26. The lowest BCUT2D eigenvalue weighted by Gasteiger charge is -2.05. The average molecular weight is 280 g/mol. The maximum absolute atomic E-state index is 11.6. The Hall–Kier alpha value is -1.74. The van der Waals surface area contributed by atoms with E-state index in [1.54, 1.807) is 0 Å². The molecule has 104 valence electrons. The standard InChI is InChI=1S/C8H6F6O4/c9-7(10,11)5(15)17-3-1-2-4-18-6(16)8(12,13)14/h1-2H,3-4H2/b2-1+. The monoisotopic (exact) mass is 280 g/mol. The summed E-state index contributed by atoms with van der Waals surface area (Å²) in [6, 6.07) is 0. The Kier molecular flexibility index (Phi) is 5.66. The third kappa shape index (κ3) is 6.76. The Morgan fingerprint density at radius 1 is 0.778 bits per heavy atom. The highest BCUT2D eigenvalue weighted by Gasteiger charge is 2.41. The van der Waals surface area contributed by atoms with Crippen molar-refractivity contribution in [3.63, 3.8) is 0 Å². The summed E-state index contributed by atoms with van der Waals surface area (Å²) >= 11 is 0. The van der Waals surface area contributed by atoms with Gasteiger partial charge in [-0.2, -0.15) is 26.3 Å². The van der Waals surface area contributed by atoms with Gasteiger partial charge in [-0.3, -0.25) is 0 Å². The summed E-state index contributed by atoms with van der Waals surface area (Å²) in [6.45, 7) is -1.61. The minimum Gasteiger partial charge on any atom is -0.455 e. The zero-order valence-electron chi connectivity index (χ0n) is 8.47. The topological polar surface area (TPSA) is 52.6 Å². The first-order valence-electron chi connectivity index (χ1n) is 4.18. The molecule has 0 saturated heterocycles. The van der Waals surface area contributed by atoms with E-state index in [0.29, 0.717) is 0 Å². The molecule has 0 N–H and O–H groups in total. The molecule has 0 unspecified atom stereocenters. The summed E-state index contributed by atoms with van der Waals surface area (Å²) in [4.78, 5) is 20.2. The van der Waals surface area contributed by atoms with Crippen LogP contribution in [-0.4, -0.2) is 37.5 Å². The number of carbonyl (C=O) groups excluding carboxylic acids is 2. The maximum Gasteiger partial charge on any atom is 0.490 e. The summed E-state index contributed by atoms with van der Waals surface area (Å²) in [5.74, 6) is -4.86. The normalized spacial score (nSPS) is 12.6. The van der Waals surface area contributed by atoms with Gasteiger partial charge in [0.1, 0.15) is 13.2 Å². The second-order valence-electron chi connectivity index (χ2n) is 2.66. The molecule has 0 atom stereocenters. The number of halogens is 6. The Morgan fingerprint density at radius 2 is 1.06 bits per heavy atom. The first-order chi connectivity index (χ1) is 8.05. The van der Waals surface area contributed by atoms with Crippen molar-refractivity contribution in [2.45, 2.75) is 12.4 Å². The summed E-state index contributed by atoms with van der Waals surface area (Å²) in [5, 5.41) is 0. The summed E-state index contributed by atoms with van der Waals surface area (Å²) < 4.78 is 76.7. The fraction of sp³-hybridized carbons (Fsp3) is 0.500. The Bertz CT molecular complexity index is 297. The fourth-order valence-electron chi connectivity index (χ4n) is 0.547. The molecule has 0 aliphatic rings. The quantitative estimate of drug-likeness (QED) is 0.447. The molecule has 0 rings (SSSR count). The maximum atomic E-state index is 11.6. The van der Waals surface area contributed by atoms with Crippen LogP contribution in [-0.2, 0) is 19.1 Å². The lowest BCUT2D eigenvalue weighted by molar-refractivity contribution is -0.198. The van der Waals surface area contributed by atoms with E-state index in [-0.39, 0.29) is 0 Å². The molecule has 18 heavy (non-hydrogen) atoms. The van der Waals surface area contributed by atoms with Crippen LogP contribution in [0.5, 0.6) is 0 Å². The van der Waals surface area contributed by atoms with Crippen molar-refractivity contribution in [2.24, 2.45) is 0 Å². The number of rotatable bonds is 4. The molecule has 0 saturated carbocycles. The van der Waals surface area contributed by atoms with Crippen LogP contribution >= 0.6 is 0 Å². The van der Waals surface area contributed by atoms with Crippen LogP contribution in [0.15, 0.2) is 12.2 Å². The second-order valence-corrected chi connectivity index (χ2v) is 2.66. The van der Waals surface area contributed by atoms with Gasteiger partial charge in [0.15, 0.2) is 0 Å². The van der Waals surface area contributed by atoms with Crippen LogP contribution in [0.1, 0.15) is 0 Å². The molecule has 0 aliphatic heterocycles. The molecule has 0 aromatic rings. The number of hydrogen-bond acceptors (Lipinski definition) is 4. The van der Waals surface area contributed by atoms with Crippen LogP contribution in [0.3, 0.4) is 0 Å². The third-order valence-corrected chi connectivity index (χ3v) is 1.25. The van der Waals surface area contributed by atoms with Crippen molar-refractivity contribution >= 4 is 11.9 Å². The van der Waals surface area contributed by atoms with E-state index in [9.17, 15) is 35.9 Å². The highest BCUT2D eigenvalue weighted by atomic mass is 19.4. The highest BCUT2D eigenvalue weighted by Crippen LogP contribution is 2.17. The Balaban J connectivity index is 3.81. The first-order valence-corrected chi connectivity index (χ1v) is 4.18. The van der Waals surface area contributed by atoms with E-state index in [0.717, 1.165) is 12.2 Å².